The number of aliphatic hydroxyl groups is 1. The van der Waals surface area contributed by atoms with E-state index < -0.39 is 11.9 Å². The van der Waals surface area contributed by atoms with Crippen LogP contribution in [0.3, 0.4) is 0 Å². The Labute approximate surface area is 312 Å². The first-order chi connectivity index (χ1) is 22.9. The SMILES string of the molecule is C.CC(=O)OC(C)=O.CC(=O)OCCSC[C@H]1CN(C)CC[C@@H]1c1ccc(Cl)cc1.CN1CC[C@H](c2ccc(Cl)cc2)[C@@H](CSCCO)C1. The van der Waals surface area contributed by atoms with E-state index in [1.807, 2.05) is 47.8 Å². The van der Waals surface area contributed by atoms with Crippen molar-refractivity contribution in [3.05, 3.63) is 69.7 Å². The zero-order valence-corrected chi connectivity index (χ0v) is 32.0. The van der Waals surface area contributed by atoms with Gasteiger partial charge in [-0.2, -0.15) is 23.5 Å². The van der Waals surface area contributed by atoms with E-state index in [0.717, 1.165) is 59.2 Å². The highest BCUT2D eigenvalue weighted by molar-refractivity contribution is 7.99. The number of nitrogens with zero attached hydrogens (tertiary/aromatic N) is 2. The maximum atomic E-state index is 10.8. The van der Waals surface area contributed by atoms with Gasteiger partial charge in [0.25, 0.3) is 0 Å². The van der Waals surface area contributed by atoms with Crippen LogP contribution in [0.25, 0.3) is 0 Å². The van der Waals surface area contributed by atoms with Gasteiger partial charge in [-0.05, 0) is 111 Å². The molecule has 2 aromatic carbocycles. The van der Waals surface area contributed by atoms with Crippen LogP contribution in [0.5, 0.6) is 0 Å². The van der Waals surface area contributed by atoms with E-state index in [4.69, 9.17) is 33.0 Å². The summed E-state index contributed by atoms with van der Waals surface area (Å²) >= 11 is 15.7. The number of benzene rings is 2. The van der Waals surface area contributed by atoms with Crippen LogP contribution in [-0.4, -0.2) is 109 Å². The maximum absolute atomic E-state index is 10.8. The molecule has 2 aliphatic rings. The van der Waals surface area contributed by atoms with E-state index in [9.17, 15) is 14.4 Å². The molecule has 0 spiro atoms. The van der Waals surface area contributed by atoms with Crippen molar-refractivity contribution in [1.82, 2.24) is 9.80 Å². The molecule has 4 rings (SSSR count). The van der Waals surface area contributed by atoms with Crippen LogP contribution >= 0.6 is 46.7 Å². The van der Waals surface area contributed by atoms with Crippen molar-refractivity contribution in [2.45, 2.75) is 52.9 Å². The van der Waals surface area contributed by atoms with Crippen LogP contribution in [0.2, 0.25) is 10.0 Å². The summed E-state index contributed by atoms with van der Waals surface area (Å²) in [6, 6.07) is 16.6. The van der Waals surface area contributed by atoms with E-state index in [-0.39, 0.29) is 20.0 Å². The molecule has 0 amide bonds. The Morgan fingerprint density at radius 3 is 1.49 bits per heavy atom. The first-order valence-corrected chi connectivity index (χ1v) is 19.4. The molecule has 1 N–H and O–H groups in total. The summed E-state index contributed by atoms with van der Waals surface area (Å²) in [5.41, 5.74) is 2.80. The number of carbonyl (C=O) groups is 3. The van der Waals surface area contributed by atoms with Gasteiger partial charge < -0.3 is 24.4 Å². The van der Waals surface area contributed by atoms with E-state index in [2.05, 4.69) is 52.9 Å². The lowest BCUT2D eigenvalue weighted by atomic mass is 9.81. The average Bonchev–Trinajstić information content (AvgIpc) is 3.02. The van der Waals surface area contributed by atoms with Crippen LogP contribution in [0.1, 0.15) is 64.0 Å². The molecule has 276 valence electrons. The normalized spacial score (nSPS) is 20.7. The molecule has 12 heteroatoms. The molecule has 2 heterocycles. The Morgan fingerprint density at radius 1 is 0.735 bits per heavy atom. The van der Waals surface area contributed by atoms with Crippen molar-refractivity contribution < 1.29 is 29.0 Å². The van der Waals surface area contributed by atoms with Crippen LogP contribution in [0, 0.1) is 11.8 Å². The van der Waals surface area contributed by atoms with Crippen molar-refractivity contribution in [3.8, 4) is 0 Å². The van der Waals surface area contributed by atoms with E-state index >= 15 is 0 Å². The highest BCUT2D eigenvalue weighted by Crippen LogP contribution is 2.36. The molecule has 0 radical (unpaired) electrons. The van der Waals surface area contributed by atoms with E-state index in [1.54, 1.807) is 0 Å². The third kappa shape index (κ3) is 18.9. The minimum atomic E-state index is -0.562. The Hall–Kier alpha value is -1.79. The fraction of sp³-hybridized carbons (Fsp3) is 0.595. The summed E-state index contributed by atoms with van der Waals surface area (Å²) < 4.78 is 8.96. The number of likely N-dealkylation sites (tertiary alicyclic amines) is 2. The number of piperidine rings is 2. The lowest BCUT2D eigenvalue weighted by Crippen LogP contribution is -2.38. The topological polar surface area (TPSA) is 96.4 Å². The molecule has 2 aromatic rings. The van der Waals surface area contributed by atoms with Crippen molar-refractivity contribution in [2.24, 2.45) is 11.8 Å². The lowest BCUT2D eigenvalue weighted by molar-refractivity contribution is -0.156. The standard InChI is InChI=1S/C17H24ClNO2S.C15H22ClNOS.C4H6O3.CH4/c1-13(20)21-9-10-22-12-15-11-19(2)8-7-17(15)14-3-5-16(18)6-4-14;1-17-7-6-15(12-2-4-14(16)5-3-12)13(10-17)11-19-9-8-18;1-3(5)7-4(2)6;/h3-6,15,17H,7-12H2,1-2H3;2-5,13,15,18H,6-11H2,1H3;1-2H3;1H4/t15-,17-;13-,15-;;/m11../s1. The second kappa shape index (κ2) is 25.2. The number of esters is 3. The molecule has 0 aromatic heterocycles. The van der Waals surface area contributed by atoms with Crippen molar-refractivity contribution >= 4 is 64.6 Å². The minimum Gasteiger partial charge on any atom is -0.465 e. The Balaban J connectivity index is 0.000000407. The monoisotopic (exact) mass is 758 g/mol. The van der Waals surface area contributed by atoms with Gasteiger partial charge in [0.15, 0.2) is 0 Å². The quantitative estimate of drug-likeness (QED) is 0.141. The summed E-state index contributed by atoms with van der Waals surface area (Å²) in [6.45, 7) is 9.17. The fourth-order valence-electron chi connectivity index (χ4n) is 6.04. The van der Waals surface area contributed by atoms with Gasteiger partial charge in [0.05, 0.1) is 6.61 Å². The molecule has 2 fully saturated rings. The second-order valence-corrected chi connectivity index (χ2v) is 15.4. The number of rotatable bonds is 11. The Bertz CT molecular complexity index is 1230. The van der Waals surface area contributed by atoms with Crippen molar-refractivity contribution in [1.29, 1.82) is 0 Å². The highest BCUT2D eigenvalue weighted by atomic mass is 35.5. The number of hydrogen-bond donors (Lipinski definition) is 1. The number of thioether (sulfide) groups is 2. The van der Waals surface area contributed by atoms with E-state index in [1.165, 1.54) is 44.7 Å². The smallest absolute Gasteiger partial charge is 0.310 e. The molecule has 2 saturated heterocycles. The first-order valence-electron chi connectivity index (χ1n) is 16.4. The molecule has 0 bridgehead atoms. The number of halogens is 2. The summed E-state index contributed by atoms with van der Waals surface area (Å²) in [7, 11) is 4.39. The number of ether oxygens (including phenoxy) is 2. The van der Waals surface area contributed by atoms with Gasteiger partial charge in [-0.1, -0.05) is 54.9 Å². The summed E-state index contributed by atoms with van der Waals surface area (Å²) in [5.74, 6) is 5.11. The maximum Gasteiger partial charge on any atom is 0.310 e. The van der Waals surface area contributed by atoms with Crippen LogP contribution in [0.4, 0.5) is 0 Å². The highest BCUT2D eigenvalue weighted by Gasteiger charge is 2.29. The predicted octanol–water partition coefficient (Wildman–Crippen LogP) is 7.50. The lowest BCUT2D eigenvalue weighted by Gasteiger charge is -2.37. The summed E-state index contributed by atoms with van der Waals surface area (Å²) in [5, 5.41) is 10.5. The van der Waals surface area contributed by atoms with Crippen molar-refractivity contribution in [3.63, 3.8) is 0 Å². The van der Waals surface area contributed by atoms with Crippen molar-refractivity contribution in [2.75, 3.05) is 76.5 Å². The zero-order chi connectivity index (χ0) is 35.5. The number of hydrogen-bond acceptors (Lipinski definition) is 10. The van der Waals surface area contributed by atoms with Crippen LogP contribution < -0.4 is 0 Å². The molecule has 0 unspecified atom stereocenters. The van der Waals surface area contributed by atoms with Crippen LogP contribution in [-0.2, 0) is 23.9 Å². The second-order valence-electron chi connectivity index (χ2n) is 12.2. The average molecular weight is 760 g/mol. The molecular weight excluding hydrogens is 703 g/mol. The largest absolute Gasteiger partial charge is 0.465 e. The summed E-state index contributed by atoms with van der Waals surface area (Å²) in [4.78, 5) is 35.2. The first kappa shape index (κ1) is 45.2. The predicted molar refractivity (Wildman–Crippen MR) is 207 cm³/mol. The fourth-order valence-corrected chi connectivity index (χ4v) is 8.24. The van der Waals surface area contributed by atoms with Gasteiger partial charge in [0.1, 0.15) is 6.61 Å². The van der Waals surface area contributed by atoms with Gasteiger partial charge in [-0.15, -0.1) is 0 Å². The van der Waals surface area contributed by atoms with Gasteiger partial charge in [0.2, 0.25) is 0 Å². The van der Waals surface area contributed by atoms with Gasteiger partial charge in [-0.25, -0.2) is 0 Å². The molecule has 49 heavy (non-hydrogen) atoms. The Morgan fingerprint density at radius 2 is 1.14 bits per heavy atom. The molecule has 0 aliphatic carbocycles. The molecule has 4 atom stereocenters. The third-order valence-electron chi connectivity index (χ3n) is 8.19. The van der Waals surface area contributed by atoms with E-state index in [0.29, 0.717) is 30.3 Å². The molecule has 8 nitrogen and oxygen atoms in total. The van der Waals surface area contributed by atoms with Crippen LogP contribution in [0.15, 0.2) is 48.5 Å². The Kier molecular flexibility index (Phi) is 23.3. The summed E-state index contributed by atoms with van der Waals surface area (Å²) in [6.07, 6.45) is 2.40. The van der Waals surface area contributed by atoms with Gasteiger partial charge >= 0.3 is 17.9 Å². The molecular formula is C37H56Cl2N2O6S2. The minimum absolute atomic E-state index is 0. The third-order valence-corrected chi connectivity index (χ3v) is 10.9. The van der Waals surface area contributed by atoms with Gasteiger partial charge in [-0.3, -0.25) is 14.4 Å². The van der Waals surface area contributed by atoms with Gasteiger partial charge in [0, 0.05) is 55.4 Å². The number of aliphatic hydroxyl groups excluding tert-OH is 1. The molecule has 0 saturated carbocycles. The number of carbonyl (C=O) groups excluding carboxylic acids is 3. The zero-order valence-electron chi connectivity index (χ0n) is 28.9. The molecule has 2 aliphatic heterocycles.